The van der Waals surface area contributed by atoms with Crippen LogP contribution in [0, 0.1) is 5.92 Å². The van der Waals surface area contributed by atoms with Crippen LogP contribution >= 0.6 is 0 Å². The molecular weight excluding hydrogens is 204 g/mol. The summed E-state index contributed by atoms with van der Waals surface area (Å²) in [5.74, 6) is -0.0919. The first kappa shape index (κ1) is 15.2. The number of hydrogen-bond acceptors (Lipinski definition) is 3. The second-order valence-electron chi connectivity index (χ2n) is 4.29. The number of unbranched alkanes of at least 4 members (excludes halogenated alkanes) is 1. The molecule has 0 amide bonds. The van der Waals surface area contributed by atoms with Gasteiger partial charge in [0.2, 0.25) is 6.29 Å². The van der Waals surface area contributed by atoms with Gasteiger partial charge < -0.3 is 9.84 Å². The molecule has 2 atom stereocenters. The van der Waals surface area contributed by atoms with Crippen LogP contribution in [-0.2, 0) is 9.53 Å². The first-order valence-electron chi connectivity index (χ1n) is 6.05. The van der Waals surface area contributed by atoms with Gasteiger partial charge in [0, 0.05) is 12.0 Å². The van der Waals surface area contributed by atoms with E-state index in [1.165, 1.54) is 0 Å². The van der Waals surface area contributed by atoms with E-state index in [2.05, 4.69) is 20.4 Å². The second-order valence-corrected chi connectivity index (χ2v) is 4.29. The van der Waals surface area contributed by atoms with Crippen LogP contribution in [0.1, 0.15) is 52.9 Å². The molecule has 0 spiro atoms. The largest absolute Gasteiger partial charge is 0.433 e. The first-order valence-corrected chi connectivity index (χ1v) is 6.05. The van der Waals surface area contributed by atoms with Crippen molar-refractivity contribution >= 4 is 5.97 Å². The highest BCUT2D eigenvalue weighted by molar-refractivity contribution is 5.86. The van der Waals surface area contributed by atoms with E-state index < -0.39 is 12.3 Å². The second kappa shape index (κ2) is 8.34. The van der Waals surface area contributed by atoms with Gasteiger partial charge in [-0.1, -0.05) is 46.1 Å². The maximum absolute atomic E-state index is 11.2. The predicted octanol–water partition coefficient (Wildman–Crippen LogP) is 3.03. The minimum atomic E-state index is -0.994. The van der Waals surface area contributed by atoms with E-state index in [1.807, 2.05) is 0 Å². The molecule has 0 aromatic carbocycles. The van der Waals surface area contributed by atoms with Crippen LogP contribution in [0.15, 0.2) is 12.2 Å². The van der Waals surface area contributed by atoms with Crippen molar-refractivity contribution in [2.75, 3.05) is 0 Å². The van der Waals surface area contributed by atoms with Crippen LogP contribution in [0.5, 0.6) is 0 Å². The SMILES string of the molecule is C=C(C)C(=O)OC(O)CC(CC)CCCC. The Labute approximate surface area is 98.5 Å². The van der Waals surface area contributed by atoms with Crippen molar-refractivity contribution in [1.29, 1.82) is 0 Å². The average Bonchev–Trinajstić information content (AvgIpc) is 2.23. The summed E-state index contributed by atoms with van der Waals surface area (Å²) in [5.41, 5.74) is 0.320. The molecule has 0 saturated heterocycles. The zero-order valence-electron chi connectivity index (χ0n) is 10.7. The van der Waals surface area contributed by atoms with E-state index in [4.69, 9.17) is 4.74 Å². The Bertz CT molecular complexity index is 223. The monoisotopic (exact) mass is 228 g/mol. The lowest BCUT2D eigenvalue weighted by Crippen LogP contribution is -2.21. The number of ether oxygens (including phenoxy) is 1. The number of rotatable bonds is 8. The fourth-order valence-corrected chi connectivity index (χ4v) is 1.54. The molecule has 16 heavy (non-hydrogen) atoms. The Balaban J connectivity index is 3.95. The Hall–Kier alpha value is -0.830. The fraction of sp³-hybridized carbons (Fsp3) is 0.769. The third-order valence-electron chi connectivity index (χ3n) is 2.67. The molecule has 0 fully saturated rings. The average molecular weight is 228 g/mol. The standard InChI is InChI=1S/C13H24O3/c1-5-7-8-11(6-2)9-12(14)16-13(15)10(3)4/h11-12,14H,3,5-9H2,1-2,4H3. The summed E-state index contributed by atoms with van der Waals surface area (Å²) in [4.78, 5) is 11.2. The van der Waals surface area contributed by atoms with Crippen LogP contribution in [0.25, 0.3) is 0 Å². The van der Waals surface area contributed by atoms with Crippen molar-refractivity contribution < 1.29 is 14.6 Å². The normalized spacial score (nSPS) is 14.2. The van der Waals surface area contributed by atoms with Crippen LogP contribution in [0.4, 0.5) is 0 Å². The van der Waals surface area contributed by atoms with Crippen molar-refractivity contribution in [1.82, 2.24) is 0 Å². The molecule has 0 aromatic rings. The molecule has 0 heterocycles. The molecule has 0 aliphatic carbocycles. The highest BCUT2D eigenvalue weighted by Gasteiger charge is 2.16. The topological polar surface area (TPSA) is 46.5 Å². The summed E-state index contributed by atoms with van der Waals surface area (Å²) >= 11 is 0. The smallest absolute Gasteiger partial charge is 0.335 e. The Morgan fingerprint density at radius 2 is 2.06 bits per heavy atom. The summed E-state index contributed by atoms with van der Waals surface area (Å²) in [7, 11) is 0. The maximum atomic E-state index is 11.2. The molecule has 0 bridgehead atoms. The molecule has 3 heteroatoms. The number of hydrogen-bond donors (Lipinski definition) is 1. The molecule has 0 rings (SSSR count). The van der Waals surface area contributed by atoms with E-state index >= 15 is 0 Å². The summed E-state index contributed by atoms with van der Waals surface area (Å²) in [6, 6.07) is 0. The molecule has 0 radical (unpaired) electrons. The first-order chi connectivity index (χ1) is 7.51. The number of carbonyl (C=O) groups is 1. The van der Waals surface area contributed by atoms with Crippen LogP contribution in [0.3, 0.4) is 0 Å². The third kappa shape index (κ3) is 6.62. The lowest BCUT2D eigenvalue weighted by molar-refractivity contribution is -0.165. The van der Waals surface area contributed by atoms with Crippen LogP contribution < -0.4 is 0 Å². The van der Waals surface area contributed by atoms with Crippen molar-refractivity contribution in [3.63, 3.8) is 0 Å². The highest BCUT2D eigenvalue weighted by Crippen LogP contribution is 2.19. The Morgan fingerprint density at radius 3 is 2.50 bits per heavy atom. The quantitative estimate of drug-likeness (QED) is 0.394. The third-order valence-corrected chi connectivity index (χ3v) is 2.67. The van der Waals surface area contributed by atoms with Crippen molar-refractivity contribution in [3.8, 4) is 0 Å². The van der Waals surface area contributed by atoms with Gasteiger partial charge in [-0.2, -0.15) is 0 Å². The summed E-state index contributed by atoms with van der Waals surface area (Å²) in [6.07, 6.45) is 3.91. The summed E-state index contributed by atoms with van der Waals surface area (Å²) in [6.45, 7) is 9.28. The lowest BCUT2D eigenvalue weighted by Gasteiger charge is -2.18. The van der Waals surface area contributed by atoms with Crippen molar-refractivity contribution in [2.24, 2.45) is 5.92 Å². The van der Waals surface area contributed by atoms with E-state index in [1.54, 1.807) is 6.92 Å². The van der Waals surface area contributed by atoms with Crippen molar-refractivity contribution in [3.05, 3.63) is 12.2 Å². The van der Waals surface area contributed by atoms with E-state index in [-0.39, 0.29) is 0 Å². The van der Waals surface area contributed by atoms with Crippen molar-refractivity contribution in [2.45, 2.75) is 59.2 Å². The van der Waals surface area contributed by atoms with E-state index in [0.717, 1.165) is 25.7 Å². The van der Waals surface area contributed by atoms with Crippen LogP contribution in [0.2, 0.25) is 0 Å². The van der Waals surface area contributed by atoms with Gasteiger partial charge in [0.1, 0.15) is 0 Å². The molecular formula is C13H24O3. The molecule has 0 saturated carbocycles. The molecule has 2 unspecified atom stereocenters. The summed E-state index contributed by atoms with van der Waals surface area (Å²) in [5, 5.41) is 9.59. The number of carbonyl (C=O) groups excluding carboxylic acids is 1. The zero-order valence-corrected chi connectivity index (χ0v) is 10.7. The van der Waals surface area contributed by atoms with Gasteiger partial charge in [0.15, 0.2) is 0 Å². The molecule has 0 aromatic heterocycles. The molecule has 0 aliphatic heterocycles. The minimum Gasteiger partial charge on any atom is -0.433 e. The molecule has 94 valence electrons. The highest BCUT2D eigenvalue weighted by atomic mass is 16.6. The summed E-state index contributed by atoms with van der Waals surface area (Å²) < 4.78 is 4.84. The Morgan fingerprint density at radius 1 is 1.44 bits per heavy atom. The number of aliphatic hydroxyl groups is 1. The molecule has 0 aliphatic rings. The number of esters is 1. The van der Waals surface area contributed by atoms with Gasteiger partial charge in [0.05, 0.1) is 0 Å². The van der Waals surface area contributed by atoms with E-state index in [0.29, 0.717) is 17.9 Å². The van der Waals surface area contributed by atoms with Gasteiger partial charge >= 0.3 is 5.97 Å². The van der Waals surface area contributed by atoms with Gasteiger partial charge in [-0.25, -0.2) is 4.79 Å². The molecule has 3 nitrogen and oxygen atoms in total. The Kier molecular flexibility index (Phi) is 7.90. The van der Waals surface area contributed by atoms with Crippen LogP contribution in [-0.4, -0.2) is 17.4 Å². The van der Waals surface area contributed by atoms with Gasteiger partial charge in [-0.05, 0) is 12.8 Å². The number of aliphatic hydroxyl groups excluding tert-OH is 1. The predicted molar refractivity (Wildman–Crippen MR) is 64.8 cm³/mol. The molecule has 1 N–H and O–H groups in total. The van der Waals surface area contributed by atoms with Gasteiger partial charge in [-0.3, -0.25) is 0 Å². The van der Waals surface area contributed by atoms with E-state index in [9.17, 15) is 9.90 Å². The minimum absolute atomic E-state index is 0.320. The van der Waals surface area contributed by atoms with Gasteiger partial charge in [0.25, 0.3) is 0 Å². The lowest BCUT2D eigenvalue weighted by atomic mass is 9.96. The van der Waals surface area contributed by atoms with Gasteiger partial charge in [-0.15, -0.1) is 0 Å². The fourth-order valence-electron chi connectivity index (χ4n) is 1.54. The maximum Gasteiger partial charge on any atom is 0.335 e. The zero-order chi connectivity index (χ0) is 12.6.